The van der Waals surface area contributed by atoms with E-state index in [9.17, 15) is 4.79 Å². The van der Waals surface area contributed by atoms with Gasteiger partial charge in [0.25, 0.3) is 0 Å². The Morgan fingerprint density at radius 2 is 2.35 bits per heavy atom. The van der Waals surface area contributed by atoms with Crippen LogP contribution in [0.15, 0.2) is 12.1 Å². The lowest BCUT2D eigenvalue weighted by Crippen LogP contribution is -2.09. The van der Waals surface area contributed by atoms with Crippen LogP contribution in [0.2, 0.25) is 4.34 Å². The molecule has 7 heteroatoms. The average molecular weight is 329 g/mol. The Bertz CT molecular complexity index is 653. The molecule has 2 aromatic heterocycles. The number of nitrogens with zero attached hydrogens (tertiary/aromatic N) is 1. The first kappa shape index (κ1) is 13.9. The highest BCUT2D eigenvalue weighted by molar-refractivity contribution is 7.16. The van der Waals surface area contributed by atoms with Crippen LogP contribution in [0.5, 0.6) is 0 Å². The number of aryl methyl sites for hydroxylation is 1. The highest BCUT2D eigenvalue weighted by Crippen LogP contribution is 2.39. The molecule has 2 unspecified atom stereocenters. The molecule has 4 nitrogen and oxygen atoms in total. The minimum absolute atomic E-state index is 0.113. The molecule has 0 aromatic carbocycles. The van der Waals surface area contributed by atoms with Crippen LogP contribution in [-0.2, 0) is 11.2 Å². The van der Waals surface area contributed by atoms with Crippen molar-refractivity contribution in [3.63, 3.8) is 0 Å². The molecule has 3 rings (SSSR count). The Balaban J connectivity index is 1.76. The summed E-state index contributed by atoms with van der Waals surface area (Å²) in [7, 11) is 0. The molecule has 1 aliphatic carbocycles. The van der Waals surface area contributed by atoms with E-state index in [1.54, 1.807) is 11.3 Å². The van der Waals surface area contributed by atoms with Crippen LogP contribution < -0.4 is 5.32 Å². The summed E-state index contributed by atoms with van der Waals surface area (Å²) in [6.07, 6.45) is 1.48. The van der Waals surface area contributed by atoms with Crippen molar-refractivity contribution in [1.82, 2.24) is 4.98 Å². The number of carboxylic acid groups (broad SMARTS) is 1. The van der Waals surface area contributed by atoms with Gasteiger partial charge >= 0.3 is 5.97 Å². The molecule has 0 fully saturated rings. The smallest absolute Gasteiger partial charge is 0.312 e. The molecule has 106 valence electrons. The molecule has 2 atom stereocenters. The lowest BCUT2D eigenvalue weighted by Gasteiger charge is -2.10. The van der Waals surface area contributed by atoms with Crippen molar-refractivity contribution in [2.75, 3.05) is 5.32 Å². The minimum atomic E-state index is -0.779. The lowest BCUT2D eigenvalue weighted by molar-refractivity contribution is -0.138. The zero-order valence-electron chi connectivity index (χ0n) is 10.7. The number of hydrogen-bond donors (Lipinski definition) is 2. The number of anilines is 1. The highest BCUT2D eigenvalue weighted by Gasteiger charge is 2.32. The number of hydrogen-bond acceptors (Lipinski definition) is 5. The van der Waals surface area contributed by atoms with Crippen molar-refractivity contribution in [1.29, 1.82) is 0 Å². The normalized spacial score (nSPS) is 18.8. The molecule has 0 saturated carbocycles. The molecule has 0 radical (unpaired) electrons. The van der Waals surface area contributed by atoms with Gasteiger partial charge in [0, 0.05) is 9.75 Å². The fourth-order valence-corrected chi connectivity index (χ4v) is 4.54. The number of thiazole rings is 1. The molecule has 2 aromatic rings. The summed E-state index contributed by atoms with van der Waals surface area (Å²) in [6, 6.07) is 3.98. The van der Waals surface area contributed by atoms with Gasteiger partial charge in [-0.15, -0.1) is 22.7 Å². The minimum Gasteiger partial charge on any atom is -0.481 e. The summed E-state index contributed by atoms with van der Waals surface area (Å²) < 4.78 is 0.765. The molecule has 2 N–H and O–H groups in total. The van der Waals surface area contributed by atoms with Gasteiger partial charge in [-0.1, -0.05) is 11.6 Å². The van der Waals surface area contributed by atoms with E-state index in [-0.39, 0.29) is 6.04 Å². The van der Waals surface area contributed by atoms with Gasteiger partial charge in [0.15, 0.2) is 5.13 Å². The van der Waals surface area contributed by atoms with Crippen LogP contribution in [0.25, 0.3) is 0 Å². The summed E-state index contributed by atoms with van der Waals surface area (Å²) in [6.45, 7) is 2.04. The molecule has 1 aliphatic rings. The third-order valence-electron chi connectivity index (χ3n) is 3.38. The number of halogens is 1. The SMILES string of the molecule is CC(Nc1nc2c(s1)CCC2C(=O)O)c1ccc(Cl)s1. The summed E-state index contributed by atoms with van der Waals surface area (Å²) >= 11 is 9.03. The van der Waals surface area contributed by atoms with Crippen molar-refractivity contribution in [2.24, 2.45) is 0 Å². The highest BCUT2D eigenvalue weighted by atomic mass is 35.5. The van der Waals surface area contributed by atoms with Crippen LogP contribution in [0.1, 0.15) is 40.8 Å². The number of thiophene rings is 1. The Morgan fingerprint density at radius 1 is 1.55 bits per heavy atom. The zero-order valence-corrected chi connectivity index (χ0v) is 13.1. The van der Waals surface area contributed by atoms with Crippen LogP contribution >= 0.6 is 34.3 Å². The number of carboxylic acids is 1. The van der Waals surface area contributed by atoms with Gasteiger partial charge < -0.3 is 10.4 Å². The molecule has 0 amide bonds. The monoisotopic (exact) mass is 328 g/mol. The van der Waals surface area contributed by atoms with Crippen LogP contribution in [0, 0.1) is 0 Å². The third-order valence-corrected chi connectivity index (χ3v) is 5.85. The number of fused-ring (bicyclic) bond motifs is 1. The van der Waals surface area contributed by atoms with Gasteiger partial charge in [-0.05, 0) is 31.9 Å². The van der Waals surface area contributed by atoms with Gasteiger partial charge in [0.05, 0.1) is 16.1 Å². The standard InChI is InChI=1S/C13H13ClN2O2S2/c1-6(8-4-5-10(14)19-8)15-13-16-11-7(12(17)18)2-3-9(11)20-13/h4-7H,2-3H2,1H3,(H,15,16)(H,17,18). The Hall–Kier alpha value is -1.11. The quantitative estimate of drug-likeness (QED) is 0.885. The first-order valence-electron chi connectivity index (χ1n) is 6.28. The van der Waals surface area contributed by atoms with E-state index in [1.807, 2.05) is 19.1 Å². The zero-order chi connectivity index (χ0) is 14.3. The summed E-state index contributed by atoms with van der Waals surface area (Å²) in [4.78, 5) is 17.8. The lowest BCUT2D eigenvalue weighted by atomic mass is 10.1. The van der Waals surface area contributed by atoms with E-state index in [0.29, 0.717) is 6.42 Å². The van der Waals surface area contributed by atoms with Gasteiger partial charge in [-0.3, -0.25) is 4.79 Å². The Kier molecular flexibility index (Phi) is 3.70. The van der Waals surface area contributed by atoms with Crippen molar-refractivity contribution >= 4 is 45.4 Å². The van der Waals surface area contributed by atoms with E-state index in [2.05, 4.69) is 10.3 Å². The first-order chi connectivity index (χ1) is 9.54. The number of aromatic nitrogens is 1. The van der Waals surface area contributed by atoms with E-state index < -0.39 is 11.9 Å². The Morgan fingerprint density at radius 3 is 3.00 bits per heavy atom. The molecule has 0 spiro atoms. The van der Waals surface area contributed by atoms with Gasteiger partial charge in [-0.25, -0.2) is 4.98 Å². The fraction of sp³-hybridized carbons (Fsp3) is 0.385. The van der Waals surface area contributed by atoms with Crippen molar-refractivity contribution in [2.45, 2.75) is 31.7 Å². The average Bonchev–Trinajstić information content (AvgIpc) is 3.03. The second-order valence-corrected chi connectivity index (χ2v) is 7.60. The molecular weight excluding hydrogens is 316 g/mol. The molecule has 0 bridgehead atoms. The molecule has 2 heterocycles. The fourth-order valence-electron chi connectivity index (χ4n) is 2.35. The first-order valence-corrected chi connectivity index (χ1v) is 8.30. The van der Waals surface area contributed by atoms with Crippen LogP contribution in [0.4, 0.5) is 5.13 Å². The van der Waals surface area contributed by atoms with Crippen molar-refractivity contribution in [3.8, 4) is 0 Å². The van der Waals surface area contributed by atoms with Gasteiger partial charge in [-0.2, -0.15) is 0 Å². The number of rotatable bonds is 4. The van der Waals surface area contributed by atoms with Crippen molar-refractivity contribution in [3.05, 3.63) is 31.9 Å². The van der Waals surface area contributed by atoms with Crippen LogP contribution in [-0.4, -0.2) is 16.1 Å². The maximum Gasteiger partial charge on any atom is 0.312 e. The summed E-state index contributed by atoms with van der Waals surface area (Å²) in [5.74, 6) is -1.22. The summed E-state index contributed by atoms with van der Waals surface area (Å²) in [5, 5.41) is 13.3. The molecule has 0 aliphatic heterocycles. The van der Waals surface area contributed by atoms with Gasteiger partial charge in [0.1, 0.15) is 5.92 Å². The topological polar surface area (TPSA) is 62.2 Å². The number of carbonyl (C=O) groups is 1. The van der Waals surface area contributed by atoms with E-state index >= 15 is 0 Å². The predicted molar refractivity (Wildman–Crippen MR) is 82.2 cm³/mol. The predicted octanol–water partition coefficient (Wildman–Crippen LogP) is 4.15. The van der Waals surface area contributed by atoms with Crippen molar-refractivity contribution < 1.29 is 9.90 Å². The second kappa shape index (κ2) is 5.35. The maximum atomic E-state index is 11.2. The summed E-state index contributed by atoms with van der Waals surface area (Å²) in [5.41, 5.74) is 0.737. The second-order valence-electron chi connectivity index (χ2n) is 4.76. The van der Waals surface area contributed by atoms with E-state index in [4.69, 9.17) is 16.7 Å². The molecule has 20 heavy (non-hydrogen) atoms. The molecule has 0 saturated heterocycles. The van der Waals surface area contributed by atoms with Gasteiger partial charge in [0.2, 0.25) is 0 Å². The Labute approximate surface area is 129 Å². The maximum absolute atomic E-state index is 11.2. The largest absolute Gasteiger partial charge is 0.481 e. The van der Waals surface area contributed by atoms with Crippen LogP contribution in [0.3, 0.4) is 0 Å². The molecular formula is C13H13ClN2O2S2. The van der Waals surface area contributed by atoms with E-state index in [1.165, 1.54) is 11.3 Å². The third kappa shape index (κ3) is 2.55. The van der Waals surface area contributed by atoms with E-state index in [0.717, 1.165) is 31.3 Å². The number of nitrogens with one attached hydrogen (secondary N) is 1. The number of aliphatic carboxylic acids is 1.